The van der Waals surface area contributed by atoms with Gasteiger partial charge in [-0.1, -0.05) is 103 Å². The summed E-state index contributed by atoms with van der Waals surface area (Å²) in [4.78, 5) is 28.9. The van der Waals surface area contributed by atoms with Gasteiger partial charge in [-0.25, -0.2) is 0 Å². The molecule has 2 amide bonds. The summed E-state index contributed by atoms with van der Waals surface area (Å²) in [6, 6.07) is 25.5. The summed E-state index contributed by atoms with van der Waals surface area (Å²) in [6.45, 7) is 7.19. The molecule has 0 radical (unpaired) electrons. The van der Waals surface area contributed by atoms with Crippen molar-refractivity contribution in [2.75, 3.05) is 6.54 Å². The third-order valence-corrected chi connectivity index (χ3v) is 6.01. The van der Waals surface area contributed by atoms with E-state index in [0.29, 0.717) is 19.5 Å². The molecule has 0 saturated heterocycles. The van der Waals surface area contributed by atoms with E-state index < -0.39 is 6.04 Å². The van der Waals surface area contributed by atoms with Crippen molar-refractivity contribution in [3.05, 3.63) is 107 Å². The molecule has 34 heavy (non-hydrogen) atoms. The zero-order valence-electron chi connectivity index (χ0n) is 20.6. The highest BCUT2D eigenvalue weighted by molar-refractivity contribution is 5.88. The zero-order chi connectivity index (χ0) is 24.3. The number of rotatable bonds is 11. The summed E-state index contributed by atoms with van der Waals surface area (Å²) in [6.07, 6.45) is 2.66. The Morgan fingerprint density at radius 2 is 1.53 bits per heavy atom. The number of aryl methyl sites for hydroxylation is 2. The molecule has 0 aliphatic rings. The highest BCUT2D eigenvalue weighted by Gasteiger charge is 2.30. The van der Waals surface area contributed by atoms with E-state index >= 15 is 0 Å². The molecule has 0 aliphatic heterocycles. The average molecular weight is 457 g/mol. The summed E-state index contributed by atoms with van der Waals surface area (Å²) < 4.78 is 0. The Hall–Kier alpha value is -3.40. The monoisotopic (exact) mass is 456 g/mol. The predicted octanol–water partition coefficient (Wildman–Crippen LogP) is 5.40. The minimum Gasteiger partial charge on any atom is -0.354 e. The summed E-state index contributed by atoms with van der Waals surface area (Å²) in [5, 5.41) is 3.07. The van der Waals surface area contributed by atoms with E-state index in [0.717, 1.165) is 40.7 Å². The van der Waals surface area contributed by atoms with Gasteiger partial charge >= 0.3 is 0 Å². The lowest BCUT2D eigenvalue weighted by molar-refractivity contribution is -0.140. The molecule has 1 atom stereocenters. The first-order valence-corrected chi connectivity index (χ1v) is 12.2. The molecule has 3 aromatic rings. The number of carbonyl (C=O) groups excluding carboxylic acids is 2. The number of hydrogen-bond donors (Lipinski definition) is 1. The van der Waals surface area contributed by atoms with Crippen LogP contribution in [0.2, 0.25) is 0 Å². The van der Waals surface area contributed by atoms with E-state index in [1.54, 1.807) is 4.90 Å². The van der Waals surface area contributed by atoms with Crippen molar-refractivity contribution in [1.82, 2.24) is 10.2 Å². The molecule has 3 rings (SSSR count). The van der Waals surface area contributed by atoms with E-state index in [1.165, 1.54) is 0 Å². The normalized spacial score (nSPS) is 11.6. The maximum atomic E-state index is 13.7. The Bertz CT molecular complexity index is 1060. The molecule has 0 aromatic heterocycles. The van der Waals surface area contributed by atoms with Crippen molar-refractivity contribution in [3.63, 3.8) is 0 Å². The van der Waals surface area contributed by atoms with Crippen molar-refractivity contribution in [3.8, 4) is 0 Å². The minimum atomic E-state index is -0.585. The van der Waals surface area contributed by atoms with E-state index in [1.807, 2.05) is 86.6 Å². The summed E-state index contributed by atoms with van der Waals surface area (Å²) in [7, 11) is 0. The van der Waals surface area contributed by atoms with Gasteiger partial charge in [-0.05, 0) is 37.0 Å². The molecule has 0 bridgehead atoms. The van der Waals surface area contributed by atoms with Gasteiger partial charge in [0.05, 0.1) is 6.42 Å². The molecule has 0 aliphatic carbocycles. The zero-order valence-corrected chi connectivity index (χ0v) is 20.6. The second-order valence-corrected chi connectivity index (χ2v) is 9.02. The van der Waals surface area contributed by atoms with Gasteiger partial charge in [0.15, 0.2) is 0 Å². The van der Waals surface area contributed by atoms with Crippen LogP contribution in [0, 0.1) is 13.8 Å². The fraction of sp³-hybridized carbons (Fsp3) is 0.333. The smallest absolute Gasteiger partial charge is 0.243 e. The topological polar surface area (TPSA) is 49.4 Å². The number of nitrogens with zero attached hydrogens (tertiary/aromatic N) is 1. The minimum absolute atomic E-state index is 0.0445. The predicted molar refractivity (Wildman–Crippen MR) is 138 cm³/mol. The molecule has 0 heterocycles. The fourth-order valence-corrected chi connectivity index (χ4v) is 4.05. The van der Waals surface area contributed by atoms with E-state index in [9.17, 15) is 9.59 Å². The van der Waals surface area contributed by atoms with Crippen LogP contribution in [0.3, 0.4) is 0 Å². The quantitative estimate of drug-likeness (QED) is 0.393. The summed E-state index contributed by atoms with van der Waals surface area (Å²) in [5.41, 5.74) is 5.31. The van der Waals surface area contributed by atoms with Gasteiger partial charge in [-0.3, -0.25) is 9.59 Å². The van der Waals surface area contributed by atoms with E-state index in [4.69, 9.17) is 0 Å². The standard InChI is InChI=1S/C30H36N2O2/c1-4-5-18-31-30(34)28(20-25-11-7-6-8-12-25)32(22-27-13-9-10-24(3)19-27)29(33)21-26-16-14-23(2)15-17-26/h6-17,19,28H,4-5,18,20-22H2,1-3H3,(H,31,34). The average Bonchev–Trinajstić information content (AvgIpc) is 2.83. The Morgan fingerprint density at radius 3 is 2.21 bits per heavy atom. The first kappa shape index (κ1) is 25.2. The van der Waals surface area contributed by atoms with Crippen molar-refractivity contribution in [1.29, 1.82) is 0 Å². The molecular formula is C30H36N2O2. The van der Waals surface area contributed by atoms with Crippen LogP contribution in [0.1, 0.15) is 47.6 Å². The van der Waals surface area contributed by atoms with Gasteiger partial charge in [-0.15, -0.1) is 0 Å². The highest BCUT2D eigenvalue weighted by Crippen LogP contribution is 2.17. The lowest BCUT2D eigenvalue weighted by atomic mass is 10.0. The van der Waals surface area contributed by atoms with E-state index in [-0.39, 0.29) is 18.2 Å². The fourth-order valence-electron chi connectivity index (χ4n) is 4.05. The number of hydrogen-bond acceptors (Lipinski definition) is 2. The number of amides is 2. The number of carbonyl (C=O) groups is 2. The molecule has 4 nitrogen and oxygen atoms in total. The summed E-state index contributed by atoms with van der Waals surface area (Å²) in [5.74, 6) is -0.140. The van der Waals surface area contributed by atoms with Gasteiger partial charge in [0.2, 0.25) is 11.8 Å². The number of unbranched alkanes of at least 4 members (excludes halogenated alkanes) is 1. The molecule has 4 heteroatoms. The molecular weight excluding hydrogens is 420 g/mol. The first-order valence-electron chi connectivity index (χ1n) is 12.2. The van der Waals surface area contributed by atoms with Gasteiger partial charge in [0.1, 0.15) is 6.04 Å². The van der Waals surface area contributed by atoms with Gasteiger partial charge in [-0.2, -0.15) is 0 Å². The molecule has 3 aromatic carbocycles. The van der Waals surface area contributed by atoms with Crippen molar-refractivity contribution in [2.24, 2.45) is 0 Å². The molecule has 0 fully saturated rings. The molecule has 0 spiro atoms. The Kier molecular flexibility index (Phi) is 9.45. The van der Waals surface area contributed by atoms with Crippen LogP contribution in [0.15, 0.2) is 78.9 Å². The third-order valence-electron chi connectivity index (χ3n) is 6.01. The Balaban J connectivity index is 1.93. The first-order chi connectivity index (χ1) is 16.5. The van der Waals surface area contributed by atoms with Crippen molar-refractivity contribution in [2.45, 2.75) is 59.0 Å². The number of nitrogens with one attached hydrogen (secondary N) is 1. The summed E-state index contributed by atoms with van der Waals surface area (Å²) >= 11 is 0. The van der Waals surface area contributed by atoms with Crippen LogP contribution >= 0.6 is 0 Å². The van der Waals surface area contributed by atoms with Crippen molar-refractivity contribution < 1.29 is 9.59 Å². The van der Waals surface area contributed by atoms with Gasteiger partial charge < -0.3 is 10.2 Å². The maximum absolute atomic E-state index is 13.7. The lowest BCUT2D eigenvalue weighted by Crippen LogP contribution is -2.51. The molecule has 0 saturated carbocycles. The SMILES string of the molecule is CCCCNC(=O)C(Cc1ccccc1)N(Cc1cccc(C)c1)C(=O)Cc1ccc(C)cc1. The van der Waals surface area contributed by atoms with Crippen LogP contribution in [0.25, 0.3) is 0 Å². The van der Waals surface area contributed by atoms with Gasteiger partial charge in [0.25, 0.3) is 0 Å². The second kappa shape index (κ2) is 12.7. The molecule has 178 valence electrons. The van der Waals surface area contributed by atoms with Gasteiger partial charge in [0, 0.05) is 19.5 Å². The van der Waals surface area contributed by atoms with Crippen LogP contribution < -0.4 is 5.32 Å². The highest BCUT2D eigenvalue weighted by atomic mass is 16.2. The Labute approximate surface area is 204 Å². The second-order valence-electron chi connectivity index (χ2n) is 9.02. The maximum Gasteiger partial charge on any atom is 0.243 e. The number of benzene rings is 3. The largest absolute Gasteiger partial charge is 0.354 e. The molecule has 1 unspecified atom stereocenters. The third kappa shape index (κ3) is 7.58. The Morgan fingerprint density at radius 1 is 0.824 bits per heavy atom. The van der Waals surface area contributed by atoms with Crippen LogP contribution in [0.5, 0.6) is 0 Å². The van der Waals surface area contributed by atoms with Crippen molar-refractivity contribution >= 4 is 11.8 Å². The lowest BCUT2D eigenvalue weighted by Gasteiger charge is -2.32. The van der Waals surface area contributed by atoms with Crippen LogP contribution in [-0.2, 0) is 29.0 Å². The van der Waals surface area contributed by atoms with Crippen LogP contribution in [-0.4, -0.2) is 29.3 Å². The van der Waals surface area contributed by atoms with Crippen LogP contribution in [0.4, 0.5) is 0 Å². The molecule has 1 N–H and O–H groups in total. The van der Waals surface area contributed by atoms with E-state index in [2.05, 4.69) is 18.3 Å².